The van der Waals surface area contributed by atoms with Gasteiger partial charge in [0.15, 0.2) is 5.82 Å². The zero-order valence-electron chi connectivity index (χ0n) is 15.3. The second-order valence-electron chi connectivity index (χ2n) is 5.80. The Hall–Kier alpha value is -3.26. The van der Waals surface area contributed by atoms with E-state index in [1.807, 2.05) is 18.2 Å². The van der Waals surface area contributed by atoms with Crippen LogP contribution in [-0.2, 0) is 11.3 Å². The molecule has 0 aliphatic heterocycles. The van der Waals surface area contributed by atoms with Gasteiger partial charge in [-0.05, 0) is 37.6 Å². The van der Waals surface area contributed by atoms with Gasteiger partial charge < -0.3 is 9.26 Å². The zero-order valence-corrected chi connectivity index (χ0v) is 16.0. The maximum absolute atomic E-state index is 12.4. The van der Waals surface area contributed by atoms with E-state index in [1.165, 1.54) is 6.20 Å². The first kappa shape index (κ1) is 19.5. The minimum atomic E-state index is -0.579. The quantitative estimate of drug-likeness (QED) is 0.586. The third-order valence-corrected chi connectivity index (χ3v) is 4.10. The van der Waals surface area contributed by atoms with Crippen LogP contribution >= 0.6 is 11.6 Å². The number of benzene rings is 1. The average molecular weight is 401 g/mol. The molecule has 2 heterocycles. The fraction of sp³-hybridized carbons (Fsp3) is 0.211. The number of nitrogens with zero attached hydrogens (tertiary/aromatic N) is 4. The predicted octanol–water partition coefficient (Wildman–Crippen LogP) is 2.98. The summed E-state index contributed by atoms with van der Waals surface area (Å²) in [7, 11) is 0. The lowest BCUT2D eigenvalue weighted by atomic mass is 10.2. The maximum Gasteiger partial charge on any atom is 0.340 e. The average Bonchev–Trinajstić information content (AvgIpc) is 3.13. The van der Waals surface area contributed by atoms with Crippen molar-refractivity contribution in [2.45, 2.75) is 20.4 Å². The van der Waals surface area contributed by atoms with Crippen molar-refractivity contribution in [1.29, 1.82) is 0 Å². The Morgan fingerprint density at radius 3 is 2.75 bits per heavy atom. The van der Waals surface area contributed by atoms with E-state index in [0.29, 0.717) is 10.8 Å². The summed E-state index contributed by atoms with van der Waals surface area (Å²) >= 11 is 5.85. The smallest absolute Gasteiger partial charge is 0.340 e. The van der Waals surface area contributed by atoms with E-state index in [1.54, 1.807) is 32.1 Å². The van der Waals surface area contributed by atoms with Crippen LogP contribution in [-0.4, -0.2) is 32.5 Å². The van der Waals surface area contributed by atoms with Crippen LogP contribution in [0.4, 0.5) is 0 Å². The summed E-state index contributed by atoms with van der Waals surface area (Å²) in [6, 6.07) is 7.28. The predicted molar refractivity (Wildman–Crippen MR) is 103 cm³/mol. The highest BCUT2D eigenvalue weighted by molar-refractivity contribution is 6.30. The van der Waals surface area contributed by atoms with Crippen molar-refractivity contribution < 1.29 is 14.1 Å². The van der Waals surface area contributed by atoms with E-state index >= 15 is 0 Å². The monoisotopic (exact) mass is 400 g/mol. The number of ether oxygens (including phenoxy) is 1. The summed E-state index contributed by atoms with van der Waals surface area (Å²) in [5.74, 6) is -0.00401. The minimum absolute atomic E-state index is 0.00936. The molecule has 0 saturated heterocycles. The summed E-state index contributed by atoms with van der Waals surface area (Å²) in [6.07, 6.45) is 4.79. The van der Waals surface area contributed by atoms with Crippen LogP contribution in [0.25, 0.3) is 12.2 Å². The Morgan fingerprint density at radius 2 is 2.04 bits per heavy atom. The molecular weight excluding hydrogens is 384 g/mol. The van der Waals surface area contributed by atoms with E-state index in [-0.39, 0.29) is 30.2 Å². The number of hydrogen-bond acceptors (Lipinski definition) is 7. The first-order chi connectivity index (χ1) is 13.5. The molecule has 0 radical (unpaired) electrons. The topological polar surface area (TPSA) is 100 Å². The first-order valence-corrected chi connectivity index (χ1v) is 8.85. The van der Waals surface area contributed by atoms with Gasteiger partial charge in [0.05, 0.1) is 18.4 Å². The molecule has 2 aromatic heterocycles. The standard InChI is InChI=1S/C19H17ClN4O4/c1-3-27-19(26)15-10-21-24(18(25)12(15)2)11-17-22-16(23-28-17)9-6-13-4-7-14(20)8-5-13/h4-10H,3,11H2,1-2H3/b9-6+. The van der Waals surface area contributed by atoms with E-state index in [4.69, 9.17) is 20.9 Å². The number of hydrogen-bond donors (Lipinski definition) is 0. The number of aromatic nitrogens is 4. The molecule has 0 N–H and O–H groups in total. The van der Waals surface area contributed by atoms with Crippen molar-refractivity contribution in [2.24, 2.45) is 0 Å². The molecule has 0 unspecified atom stereocenters. The molecular formula is C19H17ClN4O4. The van der Waals surface area contributed by atoms with E-state index in [0.717, 1.165) is 10.2 Å². The molecule has 28 heavy (non-hydrogen) atoms. The van der Waals surface area contributed by atoms with E-state index in [2.05, 4.69) is 15.2 Å². The highest BCUT2D eigenvalue weighted by Crippen LogP contribution is 2.12. The molecule has 8 nitrogen and oxygen atoms in total. The molecule has 0 aliphatic carbocycles. The van der Waals surface area contributed by atoms with E-state index < -0.39 is 11.5 Å². The zero-order chi connectivity index (χ0) is 20.1. The number of rotatable bonds is 6. The third-order valence-electron chi connectivity index (χ3n) is 3.84. The summed E-state index contributed by atoms with van der Waals surface area (Å²) in [6.45, 7) is 3.44. The molecule has 3 aromatic rings. The molecule has 0 spiro atoms. The molecule has 0 atom stereocenters. The van der Waals surface area contributed by atoms with E-state index in [9.17, 15) is 9.59 Å². The van der Waals surface area contributed by atoms with Crippen LogP contribution in [0.15, 0.2) is 39.8 Å². The lowest BCUT2D eigenvalue weighted by Gasteiger charge is -2.07. The summed E-state index contributed by atoms with van der Waals surface area (Å²) in [5, 5.41) is 8.50. The summed E-state index contributed by atoms with van der Waals surface area (Å²) < 4.78 is 11.2. The second-order valence-corrected chi connectivity index (χ2v) is 6.23. The Bertz CT molecular complexity index is 1070. The Kier molecular flexibility index (Phi) is 6.00. The van der Waals surface area contributed by atoms with Crippen molar-refractivity contribution in [3.63, 3.8) is 0 Å². The highest BCUT2D eigenvalue weighted by atomic mass is 35.5. The third kappa shape index (κ3) is 4.52. The van der Waals surface area contributed by atoms with Crippen molar-refractivity contribution in [3.8, 4) is 0 Å². The number of carbonyl (C=O) groups is 1. The molecule has 0 aliphatic rings. The van der Waals surface area contributed by atoms with Crippen LogP contribution in [0.1, 0.15) is 40.1 Å². The summed E-state index contributed by atoms with van der Waals surface area (Å²) in [5.41, 5.74) is 0.886. The van der Waals surface area contributed by atoms with Gasteiger partial charge in [0.1, 0.15) is 6.54 Å². The van der Waals surface area contributed by atoms with Crippen LogP contribution in [0, 0.1) is 6.92 Å². The van der Waals surface area contributed by atoms with Crippen LogP contribution in [0.2, 0.25) is 5.02 Å². The Balaban J connectivity index is 1.74. The van der Waals surface area contributed by atoms with Crippen molar-refractivity contribution in [2.75, 3.05) is 6.61 Å². The largest absolute Gasteiger partial charge is 0.462 e. The van der Waals surface area contributed by atoms with Gasteiger partial charge in [0.25, 0.3) is 5.56 Å². The molecule has 0 bridgehead atoms. The molecule has 1 aromatic carbocycles. The highest BCUT2D eigenvalue weighted by Gasteiger charge is 2.16. The van der Waals surface area contributed by atoms with Gasteiger partial charge in [-0.2, -0.15) is 10.1 Å². The summed E-state index contributed by atoms with van der Waals surface area (Å²) in [4.78, 5) is 28.5. The lowest BCUT2D eigenvalue weighted by Crippen LogP contribution is -2.28. The Labute approximate surface area is 165 Å². The molecule has 9 heteroatoms. The van der Waals surface area contributed by atoms with Crippen molar-refractivity contribution >= 4 is 29.7 Å². The van der Waals surface area contributed by atoms with Crippen LogP contribution in [0.5, 0.6) is 0 Å². The molecule has 0 amide bonds. The van der Waals surface area contributed by atoms with Gasteiger partial charge in [-0.3, -0.25) is 4.79 Å². The second kappa shape index (κ2) is 8.62. The van der Waals surface area contributed by atoms with Gasteiger partial charge in [0, 0.05) is 10.6 Å². The molecule has 0 saturated carbocycles. The van der Waals surface area contributed by atoms with Gasteiger partial charge in [-0.15, -0.1) is 0 Å². The maximum atomic E-state index is 12.4. The number of halogens is 1. The van der Waals surface area contributed by atoms with Gasteiger partial charge in [0.2, 0.25) is 5.89 Å². The van der Waals surface area contributed by atoms with Gasteiger partial charge in [-0.25, -0.2) is 9.48 Å². The number of carbonyl (C=O) groups excluding carboxylic acids is 1. The molecule has 3 rings (SSSR count). The van der Waals surface area contributed by atoms with Gasteiger partial charge in [-0.1, -0.05) is 35.0 Å². The molecule has 0 fully saturated rings. The Morgan fingerprint density at radius 1 is 1.29 bits per heavy atom. The minimum Gasteiger partial charge on any atom is -0.462 e. The lowest BCUT2D eigenvalue weighted by molar-refractivity contribution is 0.0524. The number of esters is 1. The van der Waals surface area contributed by atoms with Crippen LogP contribution in [0.3, 0.4) is 0 Å². The van der Waals surface area contributed by atoms with Crippen LogP contribution < -0.4 is 5.56 Å². The first-order valence-electron chi connectivity index (χ1n) is 8.48. The fourth-order valence-corrected chi connectivity index (χ4v) is 2.51. The van der Waals surface area contributed by atoms with Gasteiger partial charge >= 0.3 is 5.97 Å². The van der Waals surface area contributed by atoms with Crippen molar-refractivity contribution in [3.05, 3.63) is 74.2 Å². The fourth-order valence-electron chi connectivity index (χ4n) is 2.39. The molecule has 144 valence electrons. The SMILES string of the molecule is CCOC(=O)c1cnn(Cc2nc(/C=C/c3ccc(Cl)cc3)no2)c(=O)c1C. The normalized spacial score (nSPS) is 11.1. The van der Waals surface area contributed by atoms with Crippen molar-refractivity contribution in [1.82, 2.24) is 19.9 Å².